The van der Waals surface area contributed by atoms with Crippen LogP contribution in [0.2, 0.25) is 0 Å². The number of aliphatic imine (C=N–C) groups is 1. The Morgan fingerprint density at radius 3 is 2.58 bits per heavy atom. The first-order valence-corrected chi connectivity index (χ1v) is 11.4. The Hall–Kier alpha value is -3.58. The van der Waals surface area contributed by atoms with Gasteiger partial charge in [0.25, 0.3) is 5.91 Å². The number of nitrogens with one attached hydrogen (secondary N) is 2. The maximum absolute atomic E-state index is 12.9. The molecule has 0 radical (unpaired) electrons. The van der Waals surface area contributed by atoms with Crippen LogP contribution in [-0.2, 0) is 6.54 Å². The van der Waals surface area contributed by atoms with Crippen LogP contribution in [0.3, 0.4) is 0 Å². The molecule has 33 heavy (non-hydrogen) atoms. The van der Waals surface area contributed by atoms with Crippen LogP contribution in [-0.4, -0.2) is 52.7 Å². The van der Waals surface area contributed by atoms with E-state index in [1.54, 1.807) is 0 Å². The summed E-state index contributed by atoms with van der Waals surface area (Å²) in [5, 5.41) is 6.65. The van der Waals surface area contributed by atoms with Crippen LogP contribution in [0, 0.1) is 0 Å². The van der Waals surface area contributed by atoms with E-state index in [0.29, 0.717) is 18.1 Å². The van der Waals surface area contributed by atoms with Crippen LogP contribution in [0.1, 0.15) is 41.3 Å². The highest BCUT2D eigenvalue weighted by Gasteiger charge is 2.30. The largest absolute Gasteiger partial charge is 0.339 e. The maximum atomic E-state index is 12.9. The Kier molecular flexibility index (Phi) is 5.64. The van der Waals surface area contributed by atoms with E-state index in [1.807, 2.05) is 66.8 Å². The summed E-state index contributed by atoms with van der Waals surface area (Å²) in [6.45, 7) is 4.31. The average Bonchev–Trinajstić information content (AvgIpc) is 3.04. The molecule has 2 N–H and O–H groups in total. The maximum Gasteiger partial charge on any atom is 0.253 e. The first-order valence-electron chi connectivity index (χ1n) is 11.4. The molecule has 5 rings (SSSR count). The van der Waals surface area contributed by atoms with Crippen LogP contribution in [0.15, 0.2) is 59.7 Å². The molecule has 168 valence electrons. The van der Waals surface area contributed by atoms with E-state index in [9.17, 15) is 4.79 Å². The van der Waals surface area contributed by atoms with Gasteiger partial charge in [0, 0.05) is 59.0 Å². The monoisotopic (exact) mass is 440 g/mol. The highest BCUT2D eigenvalue weighted by atomic mass is 16.2. The van der Waals surface area contributed by atoms with Gasteiger partial charge in [0.2, 0.25) is 5.95 Å². The molecular weight excluding hydrogens is 412 g/mol. The number of hydrogen-bond donors (Lipinski definition) is 2. The van der Waals surface area contributed by atoms with Gasteiger partial charge >= 0.3 is 0 Å². The zero-order valence-corrected chi connectivity index (χ0v) is 19.0. The second-order valence-corrected chi connectivity index (χ2v) is 8.93. The molecule has 0 saturated carbocycles. The van der Waals surface area contributed by atoms with Gasteiger partial charge in [-0.15, -0.1) is 0 Å². The predicted octanol–water partition coefficient (Wildman–Crippen LogP) is 4.03. The molecule has 2 aliphatic rings. The molecule has 0 aliphatic carbocycles. The quantitative estimate of drug-likeness (QED) is 0.640. The summed E-state index contributed by atoms with van der Waals surface area (Å²) in [5.74, 6) is 0.601. The Morgan fingerprint density at radius 1 is 1.06 bits per heavy atom. The smallest absolute Gasteiger partial charge is 0.253 e. The van der Waals surface area contributed by atoms with Gasteiger partial charge in [0.1, 0.15) is 0 Å². The van der Waals surface area contributed by atoms with Gasteiger partial charge in [0.05, 0.1) is 12.2 Å². The van der Waals surface area contributed by atoms with Crippen LogP contribution >= 0.6 is 0 Å². The molecule has 0 atom stereocenters. The lowest BCUT2D eigenvalue weighted by Crippen LogP contribution is -2.51. The molecule has 2 aliphatic heterocycles. The minimum atomic E-state index is 0.0811. The normalized spacial score (nSPS) is 16.5. The number of rotatable bonds is 4. The lowest BCUT2D eigenvalue weighted by atomic mass is 9.89. The number of anilines is 2. The molecule has 1 fully saturated rings. The Labute approximate surface area is 194 Å². The number of amides is 1. The van der Waals surface area contributed by atoms with Crippen molar-refractivity contribution in [1.82, 2.24) is 20.2 Å². The molecule has 0 unspecified atom stereocenters. The first-order chi connectivity index (χ1) is 16.0. The SMILES string of the molecule is CNC1(C)CCN(C(=O)c2ccc(Nc3ncc4c(n3)-c3ccccc3C=NC4)cc2)CC1. The number of carbonyl (C=O) groups is 1. The highest BCUT2D eigenvalue weighted by Crippen LogP contribution is 2.29. The minimum absolute atomic E-state index is 0.0811. The lowest BCUT2D eigenvalue weighted by Gasteiger charge is -2.39. The van der Waals surface area contributed by atoms with Crippen molar-refractivity contribution in [3.8, 4) is 11.3 Å². The van der Waals surface area contributed by atoms with Crippen LogP contribution < -0.4 is 10.6 Å². The molecular formula is C26H28N6O. The predicted molar refractivity (Wildman–Crippen MR) is 131 cm³/mol. The van der Waals surface area contributed by atoms with Gasteiger partial charge < -0.3 is 15.5 Å². The topological polar surface area (TPSA) is 82.5 Å². The Bertz CT molecular complexity index is 1200. The van der Waals surface area contributed by atoms with Crippen molar-refractivity contribution in [2.24, 2.45) is 4.99 Å². The molecule has 0 bridgehead atoms. The van der Waals surface area contributed by atoms with Crippen LogP contribution in [0.4, 0.5) is 11.6 Å². The summed E-state index contributed by atoms with van der Waals surface area (Å²) in [4.78, 5) is 28.6. The standard InChI is InChI=1S/C26H28N6O/c1-26(27-2)11-13-32(14-12-26)24(33)18-7-9-21(10-8-18)30-25-29-17-20-16-28-15-19-5-3-4-6-22(19)23(20)31-25/h3-10,15,17,27H,11-14,16H2,1-2H3,(H,29,30,31). The highest BCUT2D eigenvalue weighted by molar-refractivity contribution is 5.95. The molecule has 0 spiro atoms. The van der Waals surface area contributed by atoms with Crippen LogP contribution in [0.5, 0.6) is 0 Å². The van der Waals surface area contributed by atoms with Crippen molar-refractivity contribution in [1.29, 1.82) is 0 Å². The molecule has 2 aromatic carbocycles. The van der Waals surface area contributed by atoms with Gasteiger partial charge in [-0.05, 0) is 51.1 Å². The third-order valence-electron chi connectivity index (χ3n) is 6.72. The summed E-state index contributed by atoms with van der Waals surface area (Å²) in [5.41, 5.74) is 5.65. The molecule has 7 nitrogen and oxygen atoms in total. The van der Waals surface area contributed by atoms with Gasteiger partial charge in [0.15, 0.2) is 0 Å². The molecule has 3 aromatic rings. The summed E-state index contributed by atoms with van der Waals surface area (Å²) in [7, 11) is 1.99. The summed E-state index contributed by atoms with van der Waals surface area (Å²) < 4.78 is 0. The molecule has 7 heteroatoms. The zero-order chi connectivity index (χ0) is 22.8. The van der Waals surface area contributed by atoms with Crippen molar-refractivity contribution in [3.63, 3.8) is 0 Å². The molecule has 1 amide bonds. The van der Waals surface area contributed by atoms with Gasteiger partial charge in [-0.3, -0.25) is 9.79 Å². The van der Waals surface area contributed by atoms with Gasteiger partial charge in [-0.1, -0.05) is 24.3 Å². The number of piperidine rings is 1. The van der Waals surface area contributed by atoms with E-state index >= 15 is 0 Å². The first kappa shape index (κ1) is 21.3. The Balaban J connectivity index is 1.30. The fourth-order valence-electron chi connectivity index (χ4n) is 4.34. The van der Waals surface area contributed by atoms with E-state index in [-0.39, 0.29) is 11.4 Å². The number of likely N-dealkylation sites (tertiary alicyclic amines) is 1. The third kappa shape index (κ3) is 4.36. The number of benzene rings is 2. The fraction of sp³-hybridized carbons (Fsp3) is 0.308. The minimum Gasteiger partial charge on any atom is -0.339 e. The molecule has 1 aromatic heterocycles. The summed E-state index contributed by atoms with van der Waals surface area (Å²) in [6.07, 6.45) is 5.64. The van der Waals surface area contributed by atoms with Crippen molar-refractivity contribution in [3.05, 3.63) is 71.4 Å². The Morgan fingerprint density at radius 2 is 1.82 bits per heavy atom. The van der Waals surface area contributed by atoms with Crippen LogP contribution in [0.25, 0.3) is 11.3 Å². The molecule has 1 saturated heterocycles. The van der Waals surface area contributed by atoms with E-state index < -0.39 is 0 Å². The van der Waals surface area contributed by atoms with Crippen molar-refractivity contribution in [2.75, 3.05) is 25.5 Å². The summed E-state index contributed by atoms with van der Waals surface area (Å²) in [6, 6.07) is 15.6. The zero-order valence-electron chi connectivity index (χ0n) is 19.0. The van der Waals surface area contributed by atoms with Crippen molar-refractivity contribution >= 4 is 23.8 Å². The number of aromatic nitrogens is 2. The van der Waals surface area contributed by atoms with Crippen molar-refractivity contribution in [2.45, 2.75) is 31.8 Å². The van der Waals surface area contributed by atoms with Gasteiger partial charge in [-0.25, -0.2) is 9.97 Å². The lowest BCUT2D eigenvalue weighted by molar-refractivity contribution is 0.0662. The van der Waals surface area contributed by atoms with E-state index in [4.69, 9.17) is 4.98 Å². The number of fused-ring (bicyclic) bond motifs is 3. The average molecular weight is 441 g/mol. The van der Waals surface area contributed by atoms with Crippen molar-refractivity contribution < 1.29 is 4.79 Å². The van der Waals surface area contributed by atoms with E-state index in [1.165, 1.54) is 0 Å². The summed E-state index contributed by atoms with van der Waals surface area (Å²) >= 11 is 0. The number of hydrogen-bond acceptors (Lipinski definition) is 6. The second kappa shape index (κ2) is 8.75. The van der Waals surface area contributed by atoms with Gasteiger partial charge in [-0.2, -0.15) is 0 Å². The molecule has 3 heterocycles. The fourth-order valence-corrected chi connectivity index (χ4v) is 4.34. The number of nitrogens with zero attached hydrogens (tertiary/aromatic N) is 4. The second-order valence-electron chi connectivity index (χ2n) is 8.93. The van der Waals surface area contributed by atoms with E-state index in [0.717, 1.165) is 54.0 Å². The van der Waals surface area contributed by atoms with E-state index in [2.05, 4.69) is 33.6 Å². The third-order valence-corrected chi connectivity index (χ3v) is 6.72. The number of carbonyl (C=O) groups excluding carboxylic acids is 1.